The number of nitrogen functional groups attached to an aromatic ring is 1. The van der Waals surface area contributed by atoms with Gasteiger partial charge in [0.15, 0.2) is 0 Å². The molecule has 36 heavy (non-hydrogen) atoms. The lowest BCUT2D eigenvalue weighted by molar-refractivity contribution is -0.0332. The number of hydrogen-bond acceptors (Lipinski definition) is 6. The topological polar surface area (TPSA) is 97.1 Å². The first-order chi connectivity index (χ1) is 17.3. The summed E-state index contributed by atoms with van der Waals surface area (Å²) in [7, 11) is 1.49. The Kier molecular flexibility index (Phi) is 8.72. The first kappa shape index (κ1) is 26.3. The van der Waals surface area contributed by atoms with Crippen LogP contribution in [0, 0.1) is 12.8 Å². The number of aryl methyl sites for hydroxylation is 1. The van der Waals surface area contributed by atoms with E-state index in [1.165, 1.54) is 13.2 Å². The molecule has 2 saturated heterocycles. The Morgan fingerprint density at radius 1 is 1.19 bits per heavy atom. The normalized spacial score (nSPS) is 19.2. The van der Waals surface area contributed by atoms with Crippen molar-refractivity contribution in [2.75, 3.05) is 58.7 Å². The van der Waals surface area contributed by atoms with Crippen molar-refractivity contribution in [3.05, 3.63) is 58.1 Å². The predicted molar refractivity (Wildman–Crippen MR) is 141 cm³/mol. The number of morpholine rings is 1. The fourth-order valence-corrected chi connectivity index (χ4v) is 5.10. The average molecular weight is 515 g/mol. The van der Waals surface area contributed by atoms with Gasteiger partial charge in [-0.1, -0.05) is 29.3 Å². The molecule has 0 bridgehead atoms. The van der Waals surface area contributed by atoms with Crippen LogP contribution in [0.1, 0.15) is 39.1 Å². The van der Waals surface area contributed by atoms with Gasteiger partial charge in [-0.3, -0.25) is 14.5 Å². The summed E-state index contributed by atoms with van der Waals surface area (Å²) in [5, 5.41) is 3.25. The van der Waals surface area contributed by atoms with Crippen LogP contribution < -0.4 is 15.8 Å². The molecule has 0 spiro atoms. The van der Waals surface area contributed by atoms with Crippen LogP contribution in [0.5, 0.6) is 5.75 Å². The highest BCUT2D eigenvalue weighted by Crippen LogP contribution is 2.29. The number of rotatable bonds is 7. The van der Waals surface area contributed by atoms with Crippen molar-refractivity contribution in [3.8, 4) is 5.75 Å². The zero-order valence-corrected chi connectivity index (χ0v) is 21.7. The van der Waals surface area contributed by atoms with Gasteiger partial charge in [-0.2, -0.15) is 0 Å². The third-order valence-electron chi connectivity index (χ3n) is 6.96. The molecule has 2 amide bonds. The largest absolute Gasteiger partial charge is 0.496 e. The van der Waals surface area contributed by atoms with E-state index in [9.17, 15) is 9.59 Å². The number of benzene rings is 2. The van der Waals surface area contributed by atoms with Gasteiger partial charge < -0.3 is 25.4 Å². The van der Waals surface area contributed by atoms with E-state index in [0.29, 0.717) is 41.1 Å². The Bertz CT molecular complexity index is 1090. The van der Waals surface area contributed by atoms with Crippen LogP contribution in [-0.2, 0) is 4.74 Å². The van der Waals surface area contributed by atoms with Crippen LogP contribution in [0.3, 0.4) is 0 Å². The van der Waals surface area contributed by atoms with Gasteiger partial charge in [0, 0.05) is 50.9 Å². The molecule has 1 unspecified atom stereocenters. The Morgan fingerprint density at radius 3 is 2.69 bits per heavy atom. The molecule has 8 nitrogen and oxygen atoms in total. The van der Waals surface area contributed by atoms with Gasteiger partial charge in [0.2, 0.25) is 0 Å². The number of hydrogen-bond donors (Lipinski definition) is 2. The zero-order chi connectivity index (χ0) is 25.7. The number of carbonyl (C=O) groups is 2. The average Bonchev–Trinajstić information content (AvgIpc) is 2.89. The van der Waals surface area contributed by atoms with Crippen molar-refractivity contribution < 1.29 is 19.1 Å². The van der Waals surface area contributed by atoms with Crippen LogP contribution in [0.2, 0.25) is 5.02 Å². The molecule has 2 aliphatic heterocycles. The number of piperidine rings is 1. The first-order valence-corrected chi connectivity index (χ1v) is 12.8. The van der Waals surface area contributed by atoms with E-state index in [0.717, 1.165) is 56.7 Å². The molecule has 2 fully saturated rings. The van der Waals surface area contributed by atoms with E-state index < -0.39 is 0 Å². The molecule has 2 heterocycles. The summed E-state index contributed by atoms with van der Waals surface area (Å²) in [6.07, 6.45) is 1.89. The molecule has 0 saturated carbocycles. The molecule has 0 aliphatic carbocycles. The van der Waals surface area contributed by atoms with Crippen molar-refractivity contribution in [3.63, 3.8) is 0 Å². The molecular weight excluding hydrogens is 480 g/mol. The van der Waals surface area contributed by atoms with Gasteiger partial charge in [0.05, 0.1) is 36.1 Å². The van der Waals surface area contributed by atoms with Crippen molar-refractivity contribution in [2.24, 2.45) is 5.92 Å². The summed E-state index contributed by atoms with van der Waals surface area (Å²) in [6.45, 7) is 7.19. The summed E-state index contributed by atoms with van der Waals surface area (Å²) in [5.41, 5.74) is 8.39. The number of ether oxygens (including phenoxy) is 2. The van der Waals surface area contributed by atoms with Crippen molar-refractivity contribution >= 4 is 29.1 Å². The second-order valence-corrected chi connectivity index (χ2v) is 10.0. The number of nitrogens with zero attached hydrogens (tertiary/aromatic N) is 2. The number of halogens is 1. The molecule has 1 atom stereocenters. The summed E-state index contributed by atoms with van der Waals surface area (Å²) in [4.78, 5) is 30.0. The molecular formula is C27H35ClN4O4. The quantitative estimate of drug-likeness (QED) is 0.551. The Labute approximate surface area is 217 Å². The highest BCUT2D eigenvalue weighted by molar-refractivity contribution is 6.33. The van der Waals surface area contributed by atoms with Gasteiger partial charge in [-0.05, 0) is 43.9 Å². The van der Waals surface area contributed by atoms with Crippen molar-refractivity contribution in [2.45, 2.75) is 25.9 Å². The smallest absolute Gasteiger partial charge is 0.255 e. The number of nitrogens with one attached hydrogen (secondary N) is 1. The third-order valence-corrected chi connectivity index (χ3v) is 7.29. The van der Waals surface area contributed by atoms with Gasteiger partial charge in [0.1, 0.15) is 5.75 Å². The number of methoxy groups -OCH3 is 1. The molecule has 3 N–H and O–H groups in total. The van der Waals surface area contributed by atoms with Gasteiger partial charge in [0.25, 0.3) is 11.8 Å². The van der Waals surface area contributed by atoms with Crippen LogP contribution in [0.25, 0.3) is 0 Å². The fraction of sp³-hybridized carbons (Fsp3) is 0.481. The number of anilines is 1. The van der Waals surface area contributed by atoms with E-state index >= 15 is 0 Å². The van der Waals surface area contributed by atoms with Gasteiger partial charge >= 0.3 is 0 Å². The van der Waals surface area contributed by atoms with E-state index in [1.807, 2.05) is 36.1 Å². The van der Waals surface area contributed by atoms with Gasteiger partial charge in [-0.25, -0.2) is 0 Å². The Morgan fingerprint density at radius 2 is 1.97 bits per heavy atom. The lowest BCUT2D eigenvalue weighted by atomic mass is 9.95. The first-order valence-electron chi connectivity index (χ1n) is 12.4. The molecule has 4 rings (SSSR count). The lowest BCUT2D eigenvalue weighted by Crippen LogP contribution is -2.50. The van der Waals surface area contributed by atoms with E-state index in [4.69, 9.17) is 26.8 Å². The number of amides is 2. The maximum absolute atomic E-state index is 12.8. The fourth-order valence-electron chi connectivity index (χ4n) is 4.93. The molecule has 0 aromatic heterocycles. The molecule has 2 aromatic carbocycles. The van der Waals surface area contributed by atoms with Crippen LogP contribution >= 0.6 is 11.6 Å². The molecule has 2 aliphatic rings. The second-order valence-electron chi connectivity index (χ2n) is 9.64. The van der Waals surface area contributed by atoms with Crippen LogP contribution in [0.15, 0.2) is 36.4 Å². The van der Waals surface area contributed by atoms with Crippen molar-refractivity contribution in [1.29, 1.82) is 0 Å². The van der Waals surface area contributed by atoms with E-state index in [2.05, 4.69) is 10.2 Å². The highest BCUT2D eigenvalue weighted by atomic mass is 35.5. The minimum atomic E-state index is -0.278. The Balaban J connectivity index is 1.23. The number of nitrogens with two attached hydrogens (primary N) is 1. The Hall–Kier alpha value is -2.81. The lowest BCUT2D eigenvalue weighted by Gasteiger charge is -2.38. The third kappa shape index (κ3) is 6.49. The molecule has 2 aromatic rings. The molecule has 9 heteroatoms. The summed E-state index contributed by atoms with van der Waals surface area (Å²) < 4.78 is 11.2. The summed E-state index contributed by atoms with van der Waals surface area (Å²) in [5.74, 6) is 0.771. The maximum atomic E-state index is 12.8. The number of carbonyl (C=O) groups excluding carboxylic acids is 2. The van der Waals surface area contributed by atoms with E-state index in [-0.39, 0.29) is 17.9 Å². The van der Waals surface area contributed by atoms with Crippen LogP contribution in [-0.4, -0.2) is 80.7 Å². The summed E-state index contributed by atoms with van der Waals surface area (Å²) in [6, 6.07) is 10.9. The molecule has 0 radical (unpaired) electrons. The zero-order valence-electron chi connectivity index (χ0n) is 21.0. The predicted octanol–water partition coefficient (Wildman–Crippen LogP) is 3.22. The van der Waals surface area contributed by atoms with E-state index in [1.54, 1.807) is 6.07 Å². The maximum Gasteiger partial charge on any atom is 0.255 e. The monoisotopic (exact) mass is 514 g/mol. The van der Waals surface area contributed by atoms with Gasteiger partial charge in [-0.15, -0.1) is 0 Å². The second kappa shape index (κ2) is 12.0. The summed E-state index contributed by atoms with van der Waals surface area (Å²) >= 11 is 6.10. The standard InChI is InChI=1S/C27H35ClN4O4/c1-18-4-3-5-20(12-18)27(34)32-8-6-19(7-9-32)16-31-10-11-36-21(17-31)15-30-26(33)22-13-23(28)24(29)14-25(22)35-2/h3-5,12-14,19,21H,6-11,15-17,29H2,1-2H3,(H,30,33). The minimum absolute atomic E-state index is 0.0964. The molecule has 194 valence electrons. The SMILES string of the molecule is COc1cc(N)c(Cl)cc1C(=O)NCC1CN(CC2CCN(C(=O)c3cccc(C)c3)CC2)CCO1. The minimum Gasteiger partial charge on any atom is -0.496 e. The van der Waals surface area contributed by atoms with Crippen molar-refractivity contribution in [1.82, 2.24) is 15.1 Å². The van der Waals surface area contributed by atoms with Crippen LogP contribution in [0.4, 0.5) is 5.69 Å². The number of likely N-dealkylation sites (tertiary alicyclic amines) is 1. The highest BCUT2D eigenvalue weighted by Gasteiger charge is 2.28.